The number of anilines is 1. The van der Waals surface area contributed by atoms with E-state index in [1.165, 1.54) is 4.90 Å². The third-order valence-corrected chi connectivity index (χ3v) is 3.91. The fourth-order valence-electron chi connectivity index (χ4n) is 2.84. The van der Waals surface area contributed by atoms with E-state index >= 15 is 0 Å². The predicted octanol–water partition coefficient (Wildman–Crippen LogP) is 3.19. The first-order valence-corrected chi connectivity index (χ1v) is 8.12. The van der Waals surface area contributed by atoms with Gasteiger partial charge in [0, 0.05) is 12.7 Å². The molecule has 2 aromatic rings. The van der Waals surface area contributed by atoms with Gasteiger partial charge in [0.05, 0.1) is 6.54 Å². The van der Waals surface area contributed by atoms with Gasteiger partial charge in [-0.1, -0.05) is 30.3 Å². The Morgan fingerprint density at radius 2 is 1.88 bits per heavy atom. The molecule has 1 aliphatic heterocycles. The van der Waals surface area contributed by atoms with Gasteiger partial charge in [-0.2, -0.15) is 0 Å². The maximum absolute atomic E-state index is 12.9. The van der Waals surface area contributed by atoms with E-state index < -0.39 is 11.7 Å². The average molecular weight is 326 g/mol. The standard InChI is InChI=1S/C19H22N2O3/c1-19(2,3)24-18(23)21-12-10-15-9-11-20(17(22)16(15)21)13-14-7-5-4-6-8-14/h4-9,11H,10,12-13H2,1-3H3. The van der Waals surface area contributed by atoms with Gasteiger partial charge in [0.2, 0.25) is 0 Å². The number of amides is 1. The molecule has 0 fully saturated rings. The van der Waals surface area contributed by atoms with Gasteiger partial charge in [-0.05, 0) is 44.4 Å². The minimum Gasteiger partial charge on any atom is -0.443 e. The zero-order valence-electron chi connectivity index (χ0n) is 14.3. The first-order chi connectivity index (χ1) is 11.3. The van der Waals surface area contributed by atoms with Crippen molar-refractivity contribution >= 4 is 11.8 Å². The number of hydrogen-bond acceptors (Lipinski definition) is 3. The van der Waals surface area contributed by atoms with Gasteiger partial charge >= 0.3 is 6.09 Å². The third kappa shape index (κ3) is 3.35. The van der Waals surface area contributed by atoms with Gasteiger partial charge < -0.3 is 9.30 Å². The number of ether oxygens (including phenoxy) is 1. The van der Waals surface area contributed by atoms with Crippen LogP contribution in [0.5, 0.6) is 0 Å². The molecule has 0 bridgehead atoms. The third-order valence-electron chi connectivity index (χ3n) is 3.91. The van der Waals surface area contributed by atoms with Gasteiger partial charge in [-0.3, -0.25) is 9.69 Å². The normalized spacial score (nSPS) is 13.7. The maximum atomic E-state index is 12.9. The summed E-state index contributed by atoms with van der Waals surface area (Å²) in [5.74, 6) is 0. The molecule has 0 radical (unpaired) electrons. The molecular weight excluding hydrogens is 304 g/mol. The summed E-state index contributed by atoms with van der Waals surface area (Å²) in [6.45, 7) is 6.42. The number of hydrogen-bond donors (Lipinski definition) is 0. The van der Waals surface area contributed by atoms with Crippen molar-refractivity contribution in [2.24, 2.45) is 0 Å². The van der Waals surface area contributed by atoms with Crippen molar-refractivity contribution in [1.82, 2.24) is 4.57 Å². The molecule has 1 aromatic carbocycles. The first-order valence-electron chi connectivity index (χ1n) is 8.12. The molecular formula is C19H22N2O3. The molecule has 0 aliphatic carbocycles. The Bertz CT molecular complexity index is 804. The molecule has 1 amide bonds. The second-order valence-electron chi connectivity index (χ2n) is 6.99. The molecule has 126 valence electrons. The highest BCUT2D eigenvalue weighted by Crippen LogP contribution is 2.26. The van der Waals surface area contributed by atoms with Crippen LogP contribution >= 0.6 is 0 Å². The summed E-state index contributed by atoms with van der Waals surface area (Å²) in [5.41, 5.74) is 1.65. The lowest BCUT2D eigenvalue weighted by atomic mass is 10.2. The molecule has 0 saturated carbocycles. The summed E-state index contributed by atoms with van der Waals surface area (Å²) in [6, 6.07) is 11.7. The van der Waals surface area contributed by atoms with E-state index in [9.17, 15) is 9.59 Å². The molecule has 0 N–H and O–H groups in total. The van der Waals surface area contributed by atoms with E-state index in [0.29, 0.717) is 25.2 Å². The lowest BCUT2D eigenvalue weighted by molar-refractivity contribution is 0.0583. The van der Waals surface area contributed by atoms with Crippen LogP contribution < -0.4 is 10.5 Å². The Balaban J connectivity index is 1.92. The molecule has 1 aliphatic rings. The summed E-state index contributed by atoms with van der Waals surface area (Å²) in [6.07, 6.45) is 2.01. The molecule has 5 nitrogen and oxygen atoms in total. The molecule has 5 heteroatoms. The Kier molecular flexibility index (Phi) is 4.18. The number of carbonyl (C=O) groups is 1. The van der Waals surface area contributed by atoms with Gasteiger partial charge in [0.1, 0.15) is 11.3 Å². The smallest absolute Gasteiger partial charge is 0.414 e. The Hall–Kier alpha value is -2.56. The topological polar surface area (TPSA) is 51.5 Å². The van der Waals surface area contributed by atoms with Crippen LogP contribution in [0.15, 0.2) is 47.4 Å². The Labute approximate surface area is 141 Å². The molecule has 0 unspecified atom stereocenters. The number of rotatable bonds is 2. The van der Waals surface area contributed by atoms with Gasteiger partial charge in [-0.15, -0.1) is 0 Å². The van der Waals surface area contributed by atoms with Crippen molar-refractivity contribution in [3.8, 4) is 0 Å². The van der Waals surface area contributed by atoms with E-state index in [0.717, 1.165) is 11.1 Å². The van der Waals surface area contributed by atoms with Crippen LogP contribution in [0.4, 0.5) is 10.5 Å². The van der Waals surface area contributed by atoms with Crippen molar-refractivity contribution in [2.75, 3.05) is 11.4 Å². The molecule has 0 atom stereocenters. The van der Waals surface area contributed by atoms with Crippen molar-refractivity contribution < 1.29 is 9.53 Å². The Morgan fingerprint density at radius 3 is 2.54 bits per heavy atom. The highest BCUT2D eigenvalue weighted by Gasteiger charge is 2.31. The van der Waals surface area contributed by atoms with E-state index in [-0.39, 0.29) is 5.56 Å². The molecule has 0 saturated heterocycles. The Morgan fingerprint density at radius 1 is 1.17 bits per heavy atom. The fourth-order valence-corrected chi connectivity index (χ4v) is 2.84. The van der Waals surface area contributed by atoms with Crippen LogP contribution in [0.25, 0.3) is 0 Å². The van der Waals surface area contributed by atoms with Crippen molar-refractivity contribution in [1.29, 1.82) is 0 Å². The van der Waals surface area contributed by atoms with Crippen LogP contribution in [0.2, 0.25) is 0 Å². The van der Waals surface area contributed by atoms with E-state index in [1.807, 2.05) is 57.2 Å². The number of carbonyl (C=O) groups excluding carboxylic acids is 1. The number of aromatic nitrogens is 1. The van der Waals surface area contributed by atoms with E-state index in [2.05, 4.69) is 0 Å². The fraction of sp³-hybridized carbons (Fsp3) is 0.368. The van der Waals surface area contributed by atoms with Crippen molar-refractivity contribution in [3.05, 3.63) is 64.1 Å². The van der Waals surface area contributed by atoms with Crippen molar-refractivity contribution in [2.45, 2.75) is 39.3 Å². The summed E-state index contributed by atoms with van der Waals surface area (Å²) in [7, 11) is 0. The average Bonchev–Trinajstić information content (AvgIpc) is 2.94. The zero-order valence-corrected chi connectivity index (χ0v) is 14.3. The number of pyridine rings is 1. The quantitative estimate of drug-likeness (QED) is 0.851. The number of benzene rings is 1. The van der Waals surface area contributed by atoms with Crippen LogP contribution in [0, 0.1) is 0 Å². The molecule has 1 aromatic heterocycles. The molecule has 24 heavy (non-hydrogen) atoms. The lowest BCUT2D eigenvalue weighted by Crippen LogP contribution is -2.38. The maximum Gasteiger partial charge on any atom is 0.414 e. The second kappa shape index (κ2) is 6.15. The van der Waals surface area contributed by atoms with E-state index in [1.54, 1.807) is 10.8 Å². The SMILES string of the molecule is CC(C)(C)OC(=O)N1CCc2ccn(Cc3ccccc3)c(=O)c21. The summed E-state index contributed by atoms with van der Waals surface area (Å²) >= 11 is 0. The summed E-state index contributed by atoms with van der Waals surface area (Å²) < 4.78 is 7.07. The van der Waals surface area contributed by atoms with Crippen LogP contribution in [0.3, 0.4) is 0 Å². The highest BCUT2D eigenvalue weighted by atomic mass is 16.6. The number of fused-ring (bicyclic) bond motifs is 1. The minimum atomic E-state index is -0.586. The number of nitrogens with zero attached hydrogens (tertiary/aromatic N) is 2. The second-order valence-corrected chi connectivity index (χ2v) is 6.99. The molecule has 0 spiro atoms. The molecule has 2 heterocycles. The largest absolute Gasteiger partial charge is 0.443 e. The monoisotopic (exact) mass is 326 g/mol. The lowest BCUT2D eigenvalue weighted by Gasteiger charge is -2.24. The van der Waals surface area contributed by atoms with Gasteiger partial charge in [0.15, 0.2) is 0 Å². The zero-order chi connectivity index (χ0) is 17.3. The van der Waals surface area contributed by atoms with E-state index in [4.69, 9.17) is 4.74 Å². The summed E-state index contributed by atoms with van der Waals surface area (Å²) in [5, 5.41) is 0. The minimum absolute atomic E-state index is 0.153. The van der Waals surface area contributed by atoms with Gasteiger partial charge in [-0.25, -0.2) is 4.79 Å². The first kappa shape index (κ1) is 16.3. The van der Waals surface area contributed by atoms with Crippen LogP contribution in [-0.2, 0) is 17.7 Å². The van der Waals surface area contributed by atoms with Crippen LogP contribution in [-0.4, -0.2) is 22.8 Å². The van der Waals surface area contributed by atoms with Crippen molar-refractivity contribution in [3.63, 3.8) is 0 Å². The predicted molar refractivity (Wildman–Crippen MR) is 93.5 cm³/mol. The summed E-state index contributed by atoms with van der Waals surface area (Å²) in [4.78, 5) is 26.7. The van der Waals surface area contributed by atoms with Crippen LogP contribution in [0.1, 0.15) is 31.9 Å². The van der Waals surface area contributed by atoms with Gasteiger partial charge in [0.25, 0.3) is 5.56 Å². The molecule has 3 rings (SSSR count). The highest BCUT2D eigenvalue weighted by molar-refractivity contribution is 5.90.